The minimum Gasteiger partial charge on any atom is -0.378 e. The summed E-state index contributed by atoms with van der Waals surface area (Å²) in [5.41, 5.74) is 1.19. The van der Waals surface area contributed by atoms with Gasteiger partial charge >= 0.3 is 0 Å². The Balaban J connectivity index is 2.11. The molecule has 0 radical (unpaired) electrons. The minimum absolute atomic E-state index is 0.793. The molecule has 4 heteroatoms. The highest BCUT2D eigenvalue weighted by atomic mass is 32.2. The molecule has 1 aliphatic rings. The quantitative estimate of drug-likeness (QED) is 0.759. The molecule has 1 saturated heterocycles. The Bertz CT molecular complexity index is 344. The standard InChI is InChI=1S/C11H15NO2S/c1-15(13)11-4-2-10(3-5-11)12-6-8-14-9-7-12/h2-5H,6-9H2,1H3. The number of rotatable bonds is 2. The summed E-state index contributed by atoms with van der Waals surface area (Å²) in [6, 6.07) is 7.92. The molecule has 15 heavy (non-hydrogen) atoms. The van der Waals surface area contributed by atoms with Gasteiger partial charge in [-0.15, -0.1) is 0 Å². The van der Waals surface area contributed by atoms with E-state index in [9.17, 15) is 4.21 Å². The predicted molar refractivity (Wildman–Crippen MR) is 61.8 cm³/mol. The third-order valence-corrected chi connectivity index (χ3v) is 3.48. The second-order valence-electron chi connectivity index (χ2n) is 3.55. The van der Waals surface area contributed by atoms with Gasteiger partial charge in [0.2, 0.25) is 0 Å². The highest BCUT2D eigenvalue weighted by molar-refractivity contribution is 7.84. The lowest BCUT2D eigenvalue weighted by molar-refractivity contribution is 0.122. The average Bonchev–Trinajstić information content (AvgIpc) is 2.30. The summed E-state index contributed by atoms with van der Waals surface area (Å²) in [4.78, 5) is 3.17. The molecule has 0 N–H and O–H groups in total. The van der Waals surface area contributed by atoms with E-state index in [4.69, 9.17) is 4.74 Å². The zero-order valence-corrected chi connectivity index (χ0v) is 9.63. The van der Waals surface area contributed by atoms with Crippen LogP contribution in [0, 0.1) is 0 Å². The van der Waals surface area contributed by atoms with Crippen molar-refractivity contribution in [3.05, 3.63) is 24.3 Å². The number of morpholine rings is 1. The van der Waals surface area contributed by atoms with Crippen molar-refractivity contribution in [2.45, 2.75) is 4.90 Å². The number of hydrogen-bond donors (Lipinski definition) is 0. The first-order valence-corrected chi connectivity index (χ1v) is 6.59. The van der Waals surface area contributed by atoms with E-state index < -0.39 is 10.8 Å². The van der Waals surface area contributed by atoms with Crippen molar-refractivity contribution in [3.8, 4) is 0 Å². The average molecular weight is 225 g/mol. The Labute approximate surface area is 92.5 Å². The molecule has 1 aromatic carbocycles. The topological polar surface area (TPSA) is 29.5 Å². The summed E-state index contributed by atoms with van der Waals surface area (Å²) in [6.07, 6.45) is 1.70. The van der Waals surface area contributed by atoms with Crippen molar-refractivity contribution in [2.24, 2.45) is 0 Å². The predicted octanol–water partition coefficient (Wildman–Crippen LogP) is 1.26. The fourth-order valence-corrected chi connectivity index (χ4v) is 2.19. The second-order valence-corrected chi connectivity index (χ2v) is 4.93. The molecule has 0 bridgehead atoms. The van der Waals surface area contributed by atoms with Gasteiger partial charge in [-0.2, -0.15) is 0 Å². The van der Waals surface area contributed by atoms with E-state index in [1.54, 1.807) is 6.26 Å². The van der Waals surface area contributed by atoms with Gasteiger partial charge in [-0.05, 0) is 24.3 Å². The normalized spacial score (nSPS) is 18.9. The van der Waals surface area contributed by atoms with Crippen LogP contribution < -0.4 is 4.90 Å². The van der Waals surface area contributed by atoms with Crippen molar-refractivity contribution in [3.63, 3.8) is 0 Å². The van der Waals surface area contributed by atoms with Crippen LogP contribution in [-0.4, -0.2) is 36.8 Å². The van der Waals surface area contributed by atoms with E-state index in [0.29, 0.717) is 0 Å². The first-order valence-electron chi connectivity index (χ1n) is 5.03. The molecule has 0 aliphatic carbocycles. The van der Waals surface area contributed by atoms with Crippen LogP contribution in [0.3, 0.4) is 0 Å². The Morgan fingerprint density at radius 3 is 2.33 bits per heavy atom. The number of benzene rings is 1. The Morgan fingerprint density at radius 1 is 1.20 bits per heavy atom. The molecule has 0 amide bonds. The highest BCUT2D eigenvalue weighted by Crippen LogP contribution is 2.17. The van der Waals surface area contributed by atoms with Gasteiger partial charge in [0.1, 0.15) is 0 Å². The molecule has 1 fully saturated rings. The molecule has 1 aromatic rings. The highest BCUT2D eigenvalue weighted by Gasteiger charge is 2.10. The SMILES string of the molecule is CS(=O)c1ccc(N2CCOCC2)cc1. The zero-order chi connectivity index (χ0) is 10.7. The van der Waals surface area contributed by atoms with Crippen molar-refractivity contribution in [1.82, 2.24) is 0 Å². The first-order chi connectivity index (χ1) is 7.27. The third-order valence-electron chi connectivity index (χ3n) is 2.54. The summed E-state index contributed by atoms with van der Waals surface area (Å²) in [5, 5.41) is 0. The number of ether oxygens (including phenoxy) is 1. The fraction of sp³-hybridized carbons (Fsp3) is 0.455. The van der Waals surface area contributed by atoms with Crippen molar-refractivity contribution in [1.29, 1.82) is 0 Å². The maximum atomic E-state index is 11.2. The Morgan fingerprint density at radius 2 is 1.80 bits per heavy atom. The van der Waals surface area contributed by atoms with Gasteiger partial charge in [0.15, 0.2) is 0 Å². The molecule has 0 aromatic heterocycles. The summed E-state index contributed by atoms with van der Waals surface area (Å²) in [7, 11) is -0.885. The third kappa shape index (κ3) is 2.58. The summed E-state index contributed by atoms with van der Waals surface area (Å²) < 4.78 is 16.5. The molecule has 1 aliphatic heterocycles. The van der Waals surface area contributed by atoms with Crippen LogP contribution in [0.25, 0.3) is 0 Å². The van der Waals surface area contributed by atoms with Crippen LogP contribution in [0.2, 0.25) is 0 Å². The van der Waals surface area contributed by atoms with Crippen LogP contribution in [0.1, 0.15) is 0 Å². The molecular weight excluding hydrogens is 210 g/mol. The van der Waals surface area contributed by atoms with Crippen molar-refractivity contribution in [2.75, 3.05) is 37.5 Å². The Kier molecular flexibility index (Phi) is 3.38. The van der Waals surface area contributed by atoms with Gasteiger partial charge < -0.3 is 9.64 Å². The molecule has 2 rings (SSSR count). The molecule has 0 spiro atoms. The maximum Gasteiger partial charge on any atom is 0.0642 e. The van der Waals surface area contributed by atoms with Gasteiger partial charge in [-0.3, -0.25) is 4.21 Å². The van der Waals surface area contributed by atoms with Crippen LogP contribution in [0.15, 0.2) is 29.2 Å². The molecule has 0 saturated carbocycles. The van der Waals surface area contributed by atoms with Crippen LogP contribution in [0.5, 0.6) is 0 Å². The second kappa shape index (κ2) is 4.77. The summed E-state index contributed by atoms with van der Waals surface area (Å²) in [5.74, 6) is 0. The van der Waals surface area contributed by atoms with E-state index in [1.807, 2.05) is 24.3 Å². The molecule has 3 nitrogen and oxygen atoms in total. The molecule has 1 unspecified atom stereocenters. The largest absolute Gasteiger partial charge is 0.378 e. The number of hydrogen-bond acceptors (Lipinski definition) is 3. The molecule has 1 heterocycles. The van der Waals surface area contributed by atoms with E-state index in [1.165, 1.54) is 5.69 Å². The number of nitrogens with zero attached hydrogens (tertiary/aromatic N) is 1. The molecular formula is C11H15NO2S. The van der Waals surface area contributed by atoms with Gasteiger partial charge in [0.25, 0.3) is 0 Å². The number of anilines is 1. The minimum atomic E-state index is -0.885. The van der Waals surface area contributed by atoms with Crippen molar-refractivity contribution >= 4 is 16.5 Å². The van der Waals surface area contributed by atoms with Gasteiger partial charge in [0, 0.05) is 40.7 Å². The Hall–Kier alpha value is -0.870. The fourth-order valence-electron chi connectivity index (χ4n) is 1.67. The molecule has 82 valence electrons. The first kappa shape index (κ1) is 10.6. The van der Waals surface area contributed by atoms with Crippen molar-refractivity contribution < 1.29 is 8.95 Å². The van der Waals surface area contributed by atoms with Gasteiger partial charge in [-0.25, -0.2) is 0 Å². The lowest BCUT2D eigenvalue weighted by Gasteiger charge is -2.28. The maximum absolute atomic E-state index is 11.2. The monoisotopic (exact) mass is 225 g/mol. The van der Waals surface area contributed by atoms with Gasteiger partial charge in [0.05, 0.1) is 13.2 Å². The smallest absolute Gasteiger partial charge is 0.0642 e. The molecule has 1 atom stereocenters. The lowest BCUT2D eigenvalue weighted by Crippen LogP contribution is -2.36. The lowest BCUT2D eigenvalue weighted by atomic mass is 10.2. The summed E-state index contributed by atoms with van der Waals surface area (Å²) in [6.45, 7) is 3.46. The van der Waals surface area contributed by atoms with Crippen LogP contribution in [-0.2, 0) is 15.5 Å². The zero-order valence-electron chi connectivity index (χ0n) is 8.81. The van der Waals surface area contributed by atoms with E-state index in [-0.39, 0.29) is 0 Å². The van der Waals surface area contributed by atoms with E-state index in [2.05, 4.69) is 4.90 Å². The van der Waals surface area contributed by atoms with E-state index in [0.717, 1.165) is 31.2 Å². The van der Waals surface area contributed by atoms with E-state index >= 15 is 0 Å². The van der Waals surface area contributed by atoms with Gasteiger partial charge in [-0.1, -0.05) is 0 Å². The van der Waals surface area contributed by atoms with Crippen LogP contribution >= 0.6 is 0 Å². The van der Waals surface area contributed by atoms with Crippen LogP contribution in [0.4, 0.5) is 5.69 Å². The summed E-state index contributed by atoms with van der Waals surface area (Å²) >= 11 is 0.